The topological polar surface area (TPSA) is 57.0 Å². The Morgan fingerprint density at radius 1 is 0.596 bits per heavy atom. The SMILES string of the molecule is C[Si](C)(C)c1ccc(-c2[c-]cccc2)nc1.[Ir].[c-]1ccc2c(oc3ccccc32)c1-c1nc2ccccc2n1-c1cccc2c1oc1ccccc12. The third-order valence-electron chi connectivity index (χ3n) is 9.36. The molecule has 0 fully saturated rings. The van der Waals surface area contributed by atoms with Gasteiger partial charge >= 0.3 is 0 Å². The zero-order valence-electron chi connectivity index (χ0n) is 28.8. The molecule has 5 nitrogen and oxygen atoms in total. The number of hydrogen-bond donors (Lipinski definition) is 0. The molecule has 0 bridgehead atoms. The van der Waals surface area contributed by atoms with E-state index >= 15 is 0 Å². The summed E-state index contributed by atoms with van der Waals surface area (Å²) in [6.45, 7) is 7.00. The average molecular weight is 868 g/mol. The van der Waals surface area contributed by atoms with E-state index in [1.165, 1.54) is 5.19 Å². The van der Waals surface area contributed by atoms with Gasteiger partial charge in [-0.25, -0.2) is 0 Å². The summed E-state index contributed by atoms with van der Waals surface area (Å²) >= 11 is 0. The Hall–Kier alpha value is -5.59. The van der Waals surface area contributed by atoms with E-state index in [1.54, 1.807) is 0 Å². The molecule has 0 saturated carbocycles. The third-order valence-corrected chi connectivity index (χ3v) is 11.4. The third kappa shape index (κ3) is 5.87. The smallest absolute Gasteiger partial charge is 0.158 e. The van der Waals surface area contributed by atoms with Gasteiger partial charge in [0.2, 0.25) is 0 Å². The van der Waals surface area contributed by atoms with E-state index in [-0.39, 0.29) is 20.1 Å². The Morgan fingerprint density at radius 3 is 1.98 bits per heavy atom. The minimum atomic E-state index is -1.23. The van der Waals surface area contributed by atoms with Crippen LogP contribution < -0.4 is 5.19 Å². The summed E-state index contributed by atoms with van der Waals surface area (Å²) in [5.41, 5.74) is 9.04. The Labute approximate surface area is 315 Å². The molecule has 0 aliphatic rings. The Morgan fingerprint density at radius 2 is 1.27 bits per heavy atom. The molecule has 10 rings (SSSR count). The molecular formula is C45H33IrN3O2Si-2. The fourth-order valence-corrected chi connectivity index (χ4v) is 7.79. The Kier molecular flexibility index (Phi) is 8.72. The van der Waals surface area contributed by atoms with Crippen LogP contribution in [-0.4, -0.2) is 22.6 Å². The van der Waals surface area contributed by atoms with Crippen molar-refractivity contribution in [2.24, 2.45) is 0 Å². The van der Waals surface area contributed by atoms with Gasteiger partial charge in [0.25, 0.3) is 0 Å². The molecule has 4 aromatic heterocycles. The van der Waals surface area contributed by atoms with Gasteiger partial charge in [-0.15, -0.1) is 54.1 Å². The number of hydrogen-bond acceptors (Lipinski definition) is 4. The zero-order chi connectivity index (χ0) is 34.5. The molecule has 7 heteroatoms. The fraction of sp³-hybridized carbons (Fsp3) is 0.0667. The van der Waals surface area contributed by atoms with Crippen LogP contribution in [0.3, 0.4) is 0 Å². The summed E-state index contributed by atoms with van der Waals surface area (Å²) in [4.78, 5) is 9.59. The van der Waals surface area contributed by atoms with Crippen molar-refractivity contribution in [1.82, 2.24) is 14.5 Å². The molecular weight excluding hydrogens is 835 g/mol. The standard InChI is InChI=1S/C31H17N2O2.C14H16NSi.Ir/c1-5-17-27-19(9-1)21-11-7-13-23(29(21)34-27)31-32-24-14-3-4-15-25(24)33(31)26-16-8-12-22-20-10-2-6-18-28(20)35-30(22)26;1-16(2,3)13-9-10-14(15-11-13)12-7-5-4-6-8-12;/h1-12,14-18H;4-7,9-11H,1-3H3;/q2*-1;. The first kappa shape index (κ1) is 33.5. The minimum Gasteiger partial charge on any atom is -0.501 e. The van der Waals surface area contributed by atoms with Gasteiger partial charge in [-0.2, -0.15) is 0 Å². The second kappa shape index (κ2) is 13.5. The molecule has 52 heavy (non-hydrogen) atoms. The Bertz CT molecular complexity index is 2850. The number of furan rings is 2. The molecule has 0 atom stereocenters. The first-order valence-electron chi connectivity index (χ1n) is 17.1. The van der Waals surface area contributed by atoms with Crippen molar-refractivity contribution in [2.75, 3.05) is 0 Å². The second-order valence-corrected chi connectivity index (χ2v) is 18.7. The number of benzene rings is 6. The summed E-state index contributed by atoms with van der Waals surface area (Å²) < 4.78 is 14.9. The molecule has 0 saturated heterocycles. The molecule has 0 aliphatic carbocycles. The summed E-state index contributed by atoms with van der Waals surface area (Å²) in [5, 5.41) is 5.70. The van der Waals surface area contributed by atoms with Crippen molar-refractivity contribution in [2.45, 2.75) is 19.6 Å². The van der Waals surface area contributed by atoms with Gasteiger partial charge in [-0.1, -0.05) is 103 Å². The molecule has 0 amide bonds. The number of rotatable bonds is 4. The van der Waals surface area contributed by atoms with Gasteiger partial charge in [-0.3, -0.25) is 4.98 Å². The van der Waals surface area contributed by atoms with E-state index in [2.05, 4.69) is 95.9 Å². The second-order valence-electron chi connectivity index (χ2n) is 13.7. The molecule has 6 aromatic carbocycles. The van der Waals surface area contributed by atoms with Gasteiger partial charge in [0.1, 0.15) is 11.2 Å². The maximum Gasteiger partial charge on any atom is 0.158 e. The molecule has 0 aliphatic heterocycles. The maximum atomic E-state index is 6.40. The van der Waals surface area contributed by atoms with Gasteiger partial charge in [-0.05, 0) is 41.2 Å². The van der Waals surface area contributed by atoms with Crippen molar-refractivity contribution in [3.63, 3.8) is 0 Å². The van der Waals surface area contributed by atoms with Gasteiger partial charge in [0.05, 0.1) is 36.2 Å². The molecule has 1 radical (unpaired) electrons. The van der Waals surface area contributed by atoms with Crippen LogP contribution >= 0.6 is 0 Å². The largest absolute Gasteiger partial charge is 0.501 e. The average Bonchev–Trinajstić information content (AvgIpc) is 3.87. The summed E-state index contributed by atoms with van der Waals surface area (Å²) in [6.07, 6.45) is 2.02. The first-order valence-corrected chi connectivity index (χ1v) is 20.6. The van der Waals surface area contributed by atoms with Crippen molar-refractivity contribution < 1.29 is 28.9 Å². The summed E-state index contributed by atoms with van der Waals surface area (Å²) in [5.74, 6) is 0.767. The number of fused-ring (bicyclic) bond motifs is 7. The molecule has 10 aromatic rings. The van der Waals surface area contributed by atoms with Crippen molar-refractivity contribution in [3.8, 4) is 28.3 Å². The molecule has 4 heterocycles. The molecule has 0 N–H and O–H groups in total. The van der Waals surface area contributed by atoms with Crippen molar-refractivity contribution >= 4 is 68.2 Å². The van der Waals surface area contributed by atoms with E-state index < -0.39 is 8.07 Å². The van der Waals surface area contributed by atoms with Crippen LogP contribution in [0.5, 0.6) is 0 Å². The molecule has 0 unspecified atom stereocenters. The van der Waals surface area contributed by atoms with Crippen LogP contribution in [0.1, 0.15) is 0 Å². The molecule has 0 spiro atoms. The van der Waals surface area contributed by atoms with E-state index in [4.69, 9.17) is 13.8 Å². The van der Waals surface area contributed by atoms with E-state index in [9.17, 15) is 0 Å². The van der Waals surface area contributed by atoms with E-state index in [0.717, 1.165) is 83.2 Å². The van der Waals surface area contributed by atoms with Gasteiger partial charge in [0, 0.05) is 42.5 Å². The van der Waals surface area contributed by atoms with Crippen LogP contribution in [-0.2, 0) is 20.1 Å². The number of aromatic nitrogens is 3. The summed E-state index contributed by atoms with van der Waals surface area (Å²) in [7, 11) is -1.23. The summed E-state index contributed by atoms with van der Waals surface area (Å²) in [6, 6.07) is 53.6. The predicted molar refractivity (Wildman–Crippen MR) is 211 cm³/mol. The van der Waals surface area contributed by atoms with Crippen LogP contribution in [0.4, 0.5) is 0 Å². The Balaban J connectivity index is 0.000000193. The van der Waals surface area contributed by atoms with Crippen molar-refractivity contribution in [3.05, 3.63) is 158 Å². The first-order chi connectivity index (χ1) is 24.9. The number of pyridine rings is 1. The predicted octanol–water partition coefficient (Wildman–Crippen LogP) is 11.4. The quantitative estimate of drug-likeness (QED) is 0.131. The van der Waals surface area contributed by atoms with E-state index in [1.807, 2.05) is 91.1 Å². The van der Waals surface area contributed by atoms with E-state index in [0.29, 0.717) is 0 Å². The maximum absolute atomic E-state index is 6.40. The van der Waals surface area contributed by atoms with Gasteiger partial charge in [0.15, 0.2) is 5.58 Å². The minimum absolute atomic E-state index is 0. The normalized spacial score (nSPS) is 11.6. The van der Waals surface area contributed by atoms with Crippen LogP contribution in [0, 0.1) is 12.1 Å². The number of para-hydroxylation sites is 5. The monoisotopic (exact) mass is 868 g/mol. The van der Waals surface area contributed by atoms with Crippen LogP contribution in [0.25, 0.3) is 83.2 Å². The number of imidazole rings is 1. The molecule has 255 valence electrons. The van der Waals surface area contributed by atoms with Crippen LogP contribution in [0.2, 0.25) is 19.6 Å². The number of nitrogens with zero attached hydrogens (tertiary/aromatic N) is 3. The van der Waals surface area contributed by atoms with Crippen molar-refractivity contribution in [1.29, 1.82) is 0 Å². The van der Waals surface area contributed by atoms with Gasteiger partial charge < -0.3 is 18.4 Å². The van der Waals surface area contributed by atoms with Crippen LogP contribution in [0.15, 0.2) is 155 Å². The zero-order valence-corrected chi connectivity index (χ0v) is 32.2. The fourth-order valence-electron chi connectivity index (χ4n) is 6.75.